The summed E-state index contributed by atoms with van der Waals surface area (Å²) in [4.78, 5) is 39.1. The molecule has 11 heteroatoms. The summed E-state index contributed by atoms with van der Waals surface area (Å²) < 4.78 is 46.7. The molecule has 1 aliphatic heterocycles. The van der Waals surface area contributed by atoms with Gasteiger partial charge in [-0.2, -0.15) is 13.2 Å². The van der Waals surface area contributed by atoms with Crippen molar-refractivity contribution in [1.82, 2.24) is 25.2 Å². The van der Waals surface area contributed by atoms with E-state index >= 15 is 0 Å². The van der Waals surface area contributed by atoms with Gasteiger partial charge in [-0.1, -0.05) is 6.92 Å². The van der Waals surface area contributed by atoms with Crippen molar-refractivity contribution in [2.45, 2.75) is 64.7 Å². The number of likely N-dealkylation sites (tertiary alicyclic amines) is 1. The minimum Gasteiger partial charge on any atom is -0.493 e. The van der Waals surface area contributed by atoms with E-state index in [9.17, 15) is 22.8 Å². The summed E-state index contributed by atoms with van der Waals surface area (Å²) in [5.41, 5.74) is 1.06. The van der Waals surface area contributed by atoms with Gasteiger partial charge < -0.3 is 19.9 Å². The van der Waals surface area contributed by atoms with Crippen molar-refractivity contribution in [3.8, 4) is 17.0 Å². The van der Waals surface area contributed by atoms with E-state index in [4.69, 9.17) is 4.74 Å². The minimum absolute atomic E-state index is 0.0145. The van der Waals surface area contributed by atoms with E-state index in [-0.39, 0.29) is 35.2 Å². The van der Waals surface area contributed by atoms with Crippen LogP contribution in [0.4, 0.5) is 13.2 Å². The molecule has 2 aliphatic rings. The summed E-state index contributed by atoms with van der Waals surface area (Å²) in [5.74, 6) is 0.371. The van der Waals surface area contributed by atoms with Crippen molar-refractivity contribution >= 4 is 22.8 Å². The Hall–Kier alpha value is -3.63. The third-order valence-electron chi connectivity index (χ3n) is 7.26. The second kappa shape index (κ2) is 9.92. The van der Waals surface area contributed by atoms with Crippen LogP contribution in [0.3, 0.4) is 0 Å². The van der Waals surface area contributed by atoms with Crippen molar-refractivity contribution in [3.05, 3.63) is 41.3 Å². The van der Waals surface area contributed by atoms with Gasteiger partial charge in [0.05, 0.1) is 23.3 Å². The fourth-order valence-electron chi connectivity index (χ4n) is 5.06. The number of fused-ring (bicyclic) bond motifs is 1. The first kappa shape index (κ1) is 26.0. The Bertz CT molecular complexity index is 1380. The van der Waals surface area contributed by atoms with Gasteiger partial charge in [0.1, 0.15) is 23.3 Å². The average molecular weight is 530 g/mol. The van der Waals surface area contributed by atoms with Gasteiger partial charge in [-0.3, -0.25) is 9.59 Å². The number of ether oxygens (including phenoxy) is 1. The van der Waals surface area contributed by atoms with Gasteiger partial charge in [0.2, 0.25) is 5.91 Å². The van der Waals surface area contributed by atoms with Crippen LogP contribution in [0.25, 0.3) is 22.3 Å². The molecule has 2 fully saturated rings. The van der Waals surface area contributed by atoms with Crippen LogP contribution in [-0.2, 0) is 11.0 Å². The highest BCUT2D eigenvalue weighted by Gasteiger charge is 2.35. The second-order valence-corrected chi connectivity index (χ2v) is 10.2. The summed E-state index contributed by atoms with van der Waals surface area (Å²) in [7, 11) is 0. The van der Waals surface area contributed by atoms with Gasteiger partial charge in [0, 0.05) is 36.3 Å². The fraction of sp³-hybridized carbons (Fsp3) is 0.481. The van der Waals surface area contributed by atoms with Crippen LogP contribution in [0.5, 0.6) is 5.75 Å². The number of rotatable bonds is 7. The minimum atomic E-state index is -4.54. The normalized spacial score (nSPS) is 19.7. The molecule has 1 aliphatic carbocycles. The van der Waals surface area contributed by atoms with Crippen LogP contribution >= 0.6 is 0 Å². The maximum Gasteiger partial charge on any atom is 0.416 e. The third kappa shape index (κ3) is 5.06. The molecule has 38 heavy (non-hydrogen) atoms. The molecule has 0 unspecified atom stereocenters. The number of hydrogen-bond acceptors (Lipinski definition) is 5. The van der Waals surface area contributed by atoms with Crippen LogP contribution in [-0.4, -0.2) is 56.9 Å². The number of nitrogens with one attached hydrogen (secondary N) is 2. The molecular weight excluding hydrogens is 499 g/mol. The summed E-state index contributed by atoms with van der Waals surface area (Å²) >= 11 is 0. The van der Waals surface area contributed by atoms with Crippen molar-refractivity contribution in [3.63, 3.8) is 0 Å². The molecule has 5 rings (SSSR count). The number of halogens is 3. The molecule has 1 saturated carbocycles. The quantitative estimate of drug-likeness (QED) is 0.455. The molecule has 3 heterocycles. The first-order valence-corrected chi connectivity index (χ1v) is 12.8. The van der Waals surface area contributed by atoms with Crippen molar-refractivity contribution in [2.75, 3.05) is 13.2 Å². The molecule has 1 aromatic carbocycles. The van der Waals surface area contributed by atoms with E-state index in [1.807, 2.05) is 6.92 Å². The van der Waals surface area contributed by atoms with Crippen molar-refractivity contribution in [1.29, 1.82) is 0 Å². The number of H-pyrrole nitrogens is 1. The second-order valence-electron chi connectivity index (χ2n) is 10.2. The predicted octanol–water partition coefficient (Wildman–Crippen LogP) is 4.87. The Morgan fingerprint density at radius 3 is 2.68 bits per heavy atom. The number of benzene rings is 1. The summed E-state index contributed by atoms with van der Waals surface area (Å²) in [6.07, 6.45) is -0.207. The number of nitrogens with zero attached hydrogens (tertiary/aromatic N) is 3. The number of amides is 2. The van der Waals surface area contributed by atoms with Gasteiger partial charge in [-0.05, 0) is 57.2 Å². The molecule has 8 nitrogen and oxygen atoms in total. The highest BCUT2D eigenvalue weighted by atomic mass is 19.4. The van der Waals surface area contributed by atoms with Crippen molar-refractivity contribution in [2.24, 2.45) is 5.92 Å². The number of aryl methyl sites for hydroxylation is 1. The zero-order chi connectivity index (χ0) is 27.2. The molecule has 0 radical (unpaired) electrons. The Kier molecular flexibility index (Phi) is 6.79. The van der Waals surface area contributed by atoms with E-state index < -0.39 is 11.7 Å². The molecule has 2 N–H and O–H groups in total. The van der Waals surface area contributed by atoms with Gasteiger partial charge in [-0.15, -0.1) is 0 Å². The summed E-state index contributed by atoms with van der Waals surface area (Å²) in [5, 5.41) is 3.01. The molecule has 202 valence electrons. The standard InChI is InChI=1S/C27H30F3N5O3/c1-4-21(36)35-11-18(9-14(35)2)34-26(37)22-15(3)33-25-23(31-13-32-24(22)25)19-10-17(27(28,29)30)7-8-20(19)38-12-16-5-6-16/h7-8,10,13-14,16,18,33H,4-6,9,11-12H2,1-3H3,(H,34,37)/t14-,18+/m0/s1. The van der Waals surface area contributed by atoms with E-state index in [1.165, 1.54) is 12.4 Å². The van der Waals surface area contributed by atoms with Gasteiger partial charge in [0.15, 0.2) is 0 Å². The van der Waals surface area contributed by atoms with Crippen LogP contribution < -0.4 is 10.1 Å². The van der Waals surface area contributed by atoms with Crippen LogP contribution in [0, 0.1) is 12.8 Å². The average Bonchev–Trinajstić information content (AvgIpc) is 3.54. The molecule has 0 spiro atoms. The number of alkyl halides is 3. The number of carbonyl (C=O) groups excluding carboxylic acids is 2. The molecule has 2 aromatic heterocycles. The summed E-state index contributed by atoms with van der Waals surface area (Å²) in [6.45, 7) is 6.31. The lowest BCUT2D eigenvalue weighted by Gasteiger charge is -2.20. The molecular formula is C27H30F3N5O3. The molecule has 0 bridgehead atoms. The number of aromatic nitrogens is 3. The molecule has 1 saturated heterocycles. The predicted molar refractivity (Wildman–Crippen MR) is 135 cm³/mol. The maximum absolute atomic E-state index is 13.6. The monoisotopic (exact) mass is 529 g/mol. The van der Waals surface area contributed by atoms with Crippen LogP contribution in [0.2, 0.25) is 0 Å². The van der Waals surface area contributed by atoms with Gasteiger partial charge in [-0.25, -0.2) is 9.97 Å². The van der Waals surface area contributed by atoms with Crippen LogP contribution in [0.1, 0.15) is 61.1 Å². The molecule has 2 atom stereocenters. The lowest BCUT2D eigenvalue weighted by atomic mass is 10.0. The Labute approximate surface area is 218 Å². The fourth-order valence-corrected chi connectivity index (χ4v) is 5.06. The Balaban J connectivity index is 1.49. The van der Waals surface area contributed by atoms with E-state index in [0.717, 1.165) is 25.0 Å². The lowest BCUT2D eigenvalue weighted by molar-refractivity contribution is -0.137. The third-order valence-corrected chi connectivity index (χ3v) is 7.26. The van der Waals surface area contributed by atoms with E-state index in [0.29, 0.717) is 60.0 Å². The SMILES string of the molecule is CCC(=O)N1C[C@H](NC(=O)c2c(C)[nH]c3c(-c4cc(C(F)(F)F)ccc4OCC4CC4)ncnc23)C[C@@H]1C. The zero-order valence-corrected chi connectivity index (χ0v) is 21.5. The van der Waals surface area contributed by atoms with Crippen molar-refractivity contribution < 1.29 is 27.5 Å². The highest BCUT2D eigenvalue weighted by Crippen LogP contribution is 2.40. The first-order valence-electron chi connectivity index (χ1n) is 12.8. The molecule has 2 amide bonds. The summed E-state index contributed by atoms with van der Waals surface area (Å²) in [6, 6.07) is 3.14. The molecule has 3 aromatic rings. The first-order chi connectivity index (χ1) is 18.1. The number of hydrogen-bond donors (Lipinski definition) is 2. The lowest BCUT2D eigenvalue weighted by Crippen LogP contribution is -2.39. The Morgan fingerprint density at radius 1 is 1.24 bits per heavy atom. The zero-order valence-electron chi connectivity index (χ0n) is 21.5. The highest BCUT2D eigenvalue weighted by molar-refractivity contribution is 6.09. The Morgan fingerprint density at radius 2 is 2.00 bits per heavy atom. The number of carbonyl (C=O) groups is 2. The van der Waals surface area contributed by atoms with Crippen LogP contribution in [0.15, 0.2) is 24.5 Å². The largest absolute Gasteiger partial charge is 0.493 e. The van der Waals surface area contributed by atoms with E-state index in [2.05, 4.69) is 20.3 Å². The topological polar surface area (TPSA) is 100 Å². The van der Waals surface area contributed by atoms with Gasteiger partial charge in [0.25, 0.3) is 5.91 Å². The number of aromatic amines is 1. The van der Waals surface area contributed by atoms with E-state index in [1.54, 1.807) is 18.7 Å². The maximum atomic E-state index is 13.6. The smallest absolute Gasteiger partial charge is 0.416 e. The van der Waals surface area contributed by atoms with Gasteiger partial charge >= 0.3 is 6.18 Å².